The fourth-order valence-corrected chi connectivity index (χ4v) is 3.47. The van der Waals surface area contributed by atoms with Crippen LogP contribution in [0.2, 0.25) is 0 Å². The summed E-state index contributed by atoms with van der Waals surface area (Å²) in [6.45, 7) is -2.63. The number of ether oxygens (including phenoxy) is 4. The van der Waals surface area contributed by atoms with Gasteiger partial charge in [0, 0.05) is 12.6 Å². The van der Waals surface area contributed by atoms with E-state index in [1.54, 1.807) is 0 Å². The minimum atomic E-state index is -2.98. The number of benzene rings is 1. The fraction of sp³-hybridized carbons (Fsp3) is 0.350. The third-order valence-corrected chi connectivity index (χ3v) is 4.96. The lowest BCUT2D eigenvalue weighted by atomic mass is 10.2. The number of hydrogen-bond acceptors (Lipinski definition) is 8. The molecule has 0 aliphatic carbocycles. The lowest BCUT2D eigenvalue weighted by Crippen LogP contribution is -2.27. The van der Waals surface area contributed by atoms with Gasteiger partial charge >= 0.3 is 18.6 Å². The Balaban J connectivity index is 1.83. The van der Waals surface area contributed by atoms with E-state index < -0.39 is 18.6 Å². The van der Waals surface area contributed by atoms with Gasteiger partial charge in [-0.1, -0.05) is 17.8 Å². The maximum atomic E-state index is 12.4. The normalized spacial score (nSPS) is 15.1. The molecule has 0 bridgehead atoms. The summed E-state index contributed by atoms with van der Waals surface area (Å²) < 4.78 is 43.7. The molecule has 1 aromatic rings. The van der Waals surface area contributed by atoms with Crippen LogP contribution in [0.25, 0.3) is 6.08 Å². The second kappa shape index (κ2) is 11.9. The average Bonchev–Trinajstić information content (AvgIpc) is 3.08. The van der Waals surface area contributed by atoms with Crippen LogP contribution in [-0.2, 0) is 23.9 Å². The molecule has 2 rings (SSSR count). The zero-order valence-electron chi connectivity index (χ0n) is 16.8. The first-order valence-electron chi connectivity index (χ1n) is 9.04. The number of thioether (sulfide) groups is 1. The van der Waals surface area contributed by atoms with Crippen LogP contribution in [0.1, 0.15) is 12.0 Å². The summed E-state index contributed by atoms with van der Waals surface area (Å²) in [5, 5.41) is 0.497. The van der Waals surface area contributed by atoms with E-state index in [2.05, 4.69) is 9.47 Å². The highest BCUT2D eigenvalue weighted by atomic mass is 32.2. The number of methoxy groups -OCH3 is 2. The van der Waals surface area contributed by atoms with Crippen LogP contribution in [0.3, 0.4) is 0 Å². The van der Waals surface area contributed by atoms with E-state index in [1.807, 2.05) is 0 Å². The van der Waals surface area contributed by atoms with Crippen LogP contribution in [0.5, 0.6) is 11.5 Å². The SMILES string of the molecule is COC(=O)/C=C1/SCC(=O)N1CCCOC(=O)/C=C/c1ccc(OC(F)F)c(OC)c1. The van der Waals surface area contributed by atoms with E-state index in [-0.39, 0.29) is 36.3 Å². The van der Waals surface area contributed by atoms with Gasteiger partial charge in [0.1, 0.15) is 0 Å². The standard InChI is InChI=1S/C20H21F2NO7S/c1-27-15-10-13(4-6-14(15)30-20(21)22)5-7-18(25)29-9-3-8-23-16(24)12-31-17(23)11-19(26)28-2/h4-7,10-11,20H,3,8-9,12H2,1-2H3/b7-5+,17-11+. The van der Waals surface area contributed by atoms with Gasteiger partial charge in [0.2, 0.25) is 5.91 Å². The summed E-state index contributed by atoms with van der Waals surface area (Å²) in [5.41, 5.74) is 0.521. The maximum absolute atomic E-state index is 12.4. The monoisotopic (exact) mass is 457 g/mol. The molecular weight excluding hydrogens is 436 g/mol. The third kappa shape index (κ3) is 7.59. The number of rotatable bonds is 10. The summed E-state index contributed by atoms with van der Waals surface area (Å²) in [4.78, 5) is 36.6. The number of halogens is 2. The molecule has 31 heavy (non-hydrogen) atoms. The van der Waals surface area contributed by atoms with Gasteiger partial charge in [-0.25, -0.2) is 9.59 Å². The first-order chi connectivity index (χ1) is 14.8. The zero-order valence-corrected chi connectivity index (χ0v) is 17.7. The van der Waals surface area contributed by atoms with E-state index in [0.717, 1.165) is 0 Å². The summed E-state index contributed by atoms with van der Waals surface area (Å²) >= 11 is 1.24. The van der Waals surface area contributed by atoms with Crippen molar-refractivity contribution < 1.29 is 42.1 Å². The molecule has 8 nitrogen and oxygen atoms in total. The average molecular weight is 457 g/mol. The van der Waals surface area contributed by atoms with Crippen molar-refractivity contribution in [3.63, 3.8) is 0 Å². The molecule has 1 amide bonds. The quantitative estimate of drug-likeness (QED) is 0.301. The molecule has 0 N–H and O–H groups in total. The van der Waals surface area contributed by atoms with E-state index in [0.29, 0.717) is 17.0 Å². The van der Waals surface area contributed by atoms with Gasteiger partial charge in [0.05, 0.1) is 37.7 Å². The zero-order chi connectivity index (χ0) is 22.8. The van der Waals surface area contributed by atoms with Crippen molar-refractivity contribution in [1.29, 1.82) is 0 Å². The Kier molecular flexibility index (Phi) is 9.32. The van der Waals surface area contributed by atoms with Gasteiger partial charge in [0.15, 0.2) is 11.5 Å². The van der Waals surface area contributed by atoms with Gasteiger partial charge in [-0.15, -0.1) is 0 Å². The second-order valence-electron chi connectivity index (χ2n) is 5.98. The van der Waals surface area contributed by atoms with Crippen molar-refractivity contribution in [2.45, 2.75) is 13.0 Å². The molecule has 1 heterocycles. The van der Waals surface area contributed by atoms with Crippen molar-refractivity contribution >= 4 is 35.7 Å². The molecule has 1 saturated heterocycles. The molecule has 0 spiro atoms. The van der Waals surface area contributed by atoms with E-state index in [9.17, 15) is 23.2 Å². The number of nitrogens with zero attached hydrogens (tertiary/aromatic N) is 1. The Labute approximate surface area is 181 Å². The summed E-state index contributed by atoms with van der Waals surface area (Å²) in [7, 11) is 2.56. The molecule has 1 aromatic carbocycles. The Morgan fingerprint density at radius 2 is 2.00 bits per heavy atom. The number of alkyl halides is 2. The van der Waals surface area contributed by atoms with Crippen molar-refractivity contribution in [1.82, 2.24) is 4.90 Å². The molecule has 168 valence electrons. The van der Waals surface area contributed by atoms with Gasteiger partial charge in [-0.3, -0.25) is 4.79 Å². The molecule has 0 atom stereocenters. The van der Waals surface area contributed by atoms with Gasteiger partial charge < -0.3 is 23.8 Å². The smallest absolute Gasteiger partial charge is 0.387 e. The van der Waals surface area contributed by atoms with Gasteiger partial charge in [0.25, 0.3) is 0 Å². The highest BCUT2D eigenvalue weighted by Gasteiger charge is 2.27. The first-order valence-corrected chi connectivity index (χ1v) is 10.0. The molecule has 1 aliphatic heterocycles. The molecular formula is C20H21F2NO7S. The van der Waals surface area contributed by atoms with Crippen LogP contribution in [0, 0.1) is 0 Å². The predicted octanol–water partition coefficient (Wildman–Crippen LogP) is 2.83. The van der Waals surface area contributed by atoms with E-state index >= 15 is 0 Å². The number of carbonyl (C=O) groups excluding carboxylic acids is 3. The first kappa shape index (κ1) is 24.2. The Morgan fingerprint density at radius 3 is 2.68 bits per heavy atom. The van der Waals surface area contributed by atoms with Crippen LogP contribution in [0.4, 0.5) is 8.78 Å². The predicted molar refractivity (Wildman–Crippen MR) is 109 cm³/mol. The fourth-order valence-electron chi connectivity index (χ4n) is 2.52. The van der Waals surface area contributed by atoms with Crippen molar-refractivity contribution in [2.75, 3.05) is 33.1 Å². The Hall–Kier alpha value is -3.08. The minimum Gasteiger partial charge on any atom is -0.493 e. The lowest BCUT2D eigenvalue weighted by Gasteiger charge is -2.16. The molecule has 0 aromatic heterocycles. The van der Waals surface area contributed by atoms with Crippen LogP contribution < -0.4 is 9.47 Å². The number of amides is 1. The number of esters is 2. The highest BCUT2D eigenvalue weighted by Crippen LogP contribution is 2.30. The molecule has 1 aliphatic rings. The number of hydrogen-bond donors (Lipinski definition) is 0. The van der Waals surface area contributed by atoms with Crippen LogP contribution in [-0.4, -0.2) is 62.5 Å². The van der Waals surface area contributed by atoms with E-state index in [4.69, 9.17) is 9.47 Å². The van der Waals surface area contributed by atoms with Gasteiger partial charge in [-0.2, -0.15) is 8.78 Å². The third-order valence-electron chi connectivity index (χ3n) is 3.94. The number of carbonyl (C=O) groups is 3. The van der Waals surface area contributed by atoms with Crippen molar-refractivity contribution in [2.24, 2.45) is 0 Å². The Morgan fingerprint density at radius 1 is 1.23 bits per heavy atom. The second-order valence-corrected chi connectivity index (χ2v) is 6.98. The minimum absolute atomic E-state index is 0.0631. The summed E-state index contributed by atoms with van der Waals surface area (Å²) in [5.74, 6) is -1.09. The van der Waals surface area contributed by atoms with Crippen LogP contribution >= 0.6 is 11.8 Å². The van der Waals surface area contributed by atoms with Crippen molar-refractivity contribution in [3.05, 3.63) is 40.9 Å². The molecule has 1 fully saturated rings. The van der Waals surface area contributed by atoms with Gasteiger partial charge in [-0.05, 0) is 30.2 Å². The maximum Gasteiger partial charge on any atom is 0.387 e. The molecule has 11 heteroatoms. The topological polar surface area (TPSA) is 91.4 Å². The summed E-state index contributed by atoms with van der Waals surface area (Å²) in [6.07, 6.45) is 4.24. The largest absolute Gasteiger partial charge is 0.493 e. The van der Waals surface area contributed by atoms with Crippen LogP contribution in [0.15, 0.2) is 35.4 Å². The van der Waals surface area contributed by atoms with E-state index in [1.165, 1.54) is 67.3 Å². The Bertz CT molecular complexity index is 873. The molecule has 0 radical (unpaired) electrons. The van der Waals surface area contributed by atoms with Crippen molar-refractivity contribution in [3.8, 4) is 11.5 Å². The summed E-state index contributed by atoms with van der Waals surface area (Å²) in [6, 6.07) is 4.23. The lowest BCUT2D eigenvalue weighted by molar-refractivity contribution is -0.138. The molecule has 0 saturated carbocycles. The highest BCUT2D eigenvalue weighted by molar-refractivity contribution is 8.04. The molecule has 0 unspecified atom stereocenters.